The zero-order valence-corrected chi connectivity index (χ0v) is 12.5. The molecule has 0 amide bonds. The highest BCUT2D eigenvalue weighted by atomic mass is 14.2. The van der Waals surface area contributed by atoms with Crippen LogP contribution in [0.4, 0.5) is 0 Å². The van der Waals surface area contributed by atoms with Crippen LogP contribution in [0.3, 0.4) is 0 Å². The Balaban J connectivity index is 0.000000771. The van der Waals surface area contributed by atoms with E-state index >= 15 is 0 Å². The molecule has 0 saturated heterocycles. The second kappa shape index (κ2) is 7.20. The van der Waals surface area contributed by atoms with Gasteiger partial charge in [0.15, 0.2) is 0 Å². The molecule has 0 saturated carbocycles. The molecule has 0 bridgehead atoms. The van der Waals surface area contributed by atoms with Crippen molar-refractivity contribution >= 4 is 5.57 Å². The van der Waals surface area contributed by atoms with Gasteiger partial charge in [0.1, 0.15) is 0 Å². The zero-order chi connectivity index (χ0) is 13.5. The topological polar surface area (TPSA) is 0 Å². The van der Waals surface area contributed by atoms with E-state index in [0.717, 1.165) is 0 Å². The minimum atomic E-state index is 1.26. The van der Waals surface area contributed by atoms with E-state index in [1.165, 1.54) is 36.0 Å². The number of benzene rings is 1. The molecule has 0 N–H and O–H groups in total. The van der Waals surface area contributed by atoms with E-state index < -0.39 is 0 Å². The number of hydrogen-bond acceptors (Lipinski definition) is 0. The van der Waals surface area contributed by atoms with Crippen LogP contribution in [0.5, 0.6) is 0 Å². The molecule has 1 aromatic carbocycles. The maximum Gasteiger partial charge on any atom is -0.0184 e. The molecule has 0 heterocycles. The summed E-state index contributed by atoms with van der Waals surface area (Å²) in [4.78, 5) is 0. The average Bonchev–Trinajstić information content (AvgIpc) is 2.85. The summed E-state index contributed by atoms with van der Waals surface area (Å²) in [6.45, 7) is 10.4. The molecular weight excluding hydrogens is 216 g/mol. The second-order valence-electron chi connectivity index (χ2n) is 4.80. The van der Waals surface area contributed by atoms with Gasteiger partial charge in [-0.15, -0.1) is 0 Å². The highest BCUT2D eigenvalue weighted by molar-refractivity contribution is 5.75. The molecule has 1 aromatic rings. The van der Waals surface area contributed by atoms with Gasteiger partial charge in [-0.1, -0.05) is 49.8 Å². The first-order valence-corrected chi connectivity index (χ1v) is 7.14. The van der Waals surface area contributed by atoms with Gasteiger partial charge >= 0.3 is 0 Å². The summed E-state index contributed by atoms with van der Waals surface area (Å²) in [5.41, 5.74) is 7.17. The van der Waals surface area contributed by atoms with Gasteiger partial charge in [-0.25, -0.2) is 0 Å². The SMILES string of the molecule is C/C=C(\C=C(C)C)c1ccc2c(c1)CCC2.CC. The molecule has 0 nitrogen and oxygen atoms in total. The molecular formula is C18H26. The Bertz CT molecular complexity index is 443. The summed E-state index contributed by atoms with van der Waals surface area (Å²) in [7, 11) is 0. The zero-order valence-electron chi connectivity index (χ0n) is 12.5. The largest absolute Gasteiger partial charge is 0.0798 e. The van der Waals surface area contributed by atoms with E-state index in [0.29, 0.717) is 0 Å². The van der Waals surface area contributed by atoms with Crippen molar-refractivity contribution in [2.45, 2.75) is 53.9 Å². The van der Waals surface area contributed by atoms with Gasteiger partial charge in [-0.3, -0.25) is 0 Å². The molecule has 0 unspecified atom stereocenters. The Morgan fingerprint density at radius 3 is 2.33 bits per heavy atom. The van der Waals surface area contributed by atoms with Crippen molar-refractivity contribution in [1.29, 1.82) is 0 Å². The van der Waals surface area contributed by atoms with Crippen LogP contribution in [0.15, 0.2) is 35.9 Å². The molecule has 0 radical (unpaired) electrons. The van der Waals surface area contributed by atoms with Crippen LogP contribution < -0.4 is 0 Å². The van der Waals surface area contributed by atoms with Crippen molar-refractivity contribution < 1.29 is 0 Å². The molecule has 98 valence electrons. The Kier molecular flexibility index (Phi) is 5.91. The third kappa shape index (κ3) is 3.60. The first-order chi connectivity index (χ1) is 8.70. The minimum Gasteiger partial charge on any atom is -0.0798 e. The Morgan fingerprint density at radius 2 is 1.72 bits per heavy atom. The van der Waals surface area contributed by atoms with Crippen LogP contribution in [0.1, 0.15) is 57.7 Å². The molecule has 0 atom stereocenters. The number of allylic oxidation sites excluding steroid dienone is 4. The number of hydrogen-bond donors (Lipinski definition) is 0. The van der Waals surface area contributed by atoms with E-state index in [2.05, 4.69) is 51.1 Å². The average molecular weight is 242 g/mol. The van der Waals surface area contributed by atoms with Gasteiger partial charge in [0.2, 0.25) is 0 Å². The number of fused-ring (bicyclic) bond motifs is 1. The van der Waals surface area contributed by atoms with Crippen LogP contribution in [-0.2, 0) is 12.8 Å². The monoisotopic (exact) mass is 242 g/mol. The van der Waals surface area contributed by atoms with Gasteiger partial charge < -0.3 is 0 Å². The Labute approximate surface area is 112 Å². The summed E-state index contributed by atoms with van der Waals surface area (Å²) < 4.78 is 0. The normalized spacial score (nSPS) is 13.5. The lowest BCUT2D eigenvalue weighted by atomic mass is 9.99. The molecule has 18 heavy (non-hydrogen) atoms. The minimum absolute atomic E-state index is 1.26. The Morgan fingerprint density at radius 1 is 1.06 bits per heavy atom. The molecule has 1 aliphatic carbocycles. The van der Waals surface area contributed by atoms with Crippen LogP contribution in [0.25, 0.3) is 5.57 Å². The van der Waals surface area contributed by atoms with Crippen LogP contribution >= 0.6 is 0 Å². The molecule has 1 aliphatic rings. The highest BCUT2D eigenvalue weighted by Crippen LogP contribution is 2.26. The predicted octanol–water partition coefficient (Wildman–Crippen LogP) is 5.57. The van der Waals surface area contributed by atoms with E-state index in [9.17, 15) is 0 Å². The summed E-state index contributed by atoms with van der Waals surface area (Å²) in [6.07, 6.45) is 8.31. The summed E-state index contributed by atoms with van der Waals surface area (Å²) in [5, 5.41) is 0. The van der Waals surface area contributed by atoms with Crippen LogP contribution in [-0.4, -0.2) is 0 Å². The second-order valence-corrected chi connectivity index (χ2v) is 4.80. The van der Waals surface area contributed by atoms with Gasteiger partial charge in [-0.05, 0) is 62.3 Å². The lowest BCUT2D eigenvalue weighted by molar-refractivity contribution is 0.912. The fourth-order valence-electron chi connectivity index (χ4n) is 2.40. The van der Waals surface area contributed by atoms with E-state index in [1.54, 1.807) is 11.1 Å². The molecule has 0 aliphatic heterocycles. The predicted molar refractivity (Wildman–Crippen MR) is 82.9 cm³/mol. The molecule has 0 heteroatoms. The van der Waals surface area contributed by atoms with Crippen molar-refractivity contribution in [3.05, 3.63) is 52.6 Å². The van der Waals surface area contributed by atoms with Gasteiger partial charge in [0.25, 0.3) is 0 Å². The van der Waals surface area contributed by atoms with E-state index in [4.69, 9.17) is 0 Å². The fraction of sp³-hybridized carbons (Fsp3) is 0.444. The molecule has 0 spiro atoms. The maximum atomic E-state index is 2.37. The highest BCUT2D eigenvalue weighted by Gasteiger charge is 2.11. The lowest BCUT2D eigenvalue weighted by Crippen LogP contribution is -1.87. The van der Waals surface area contributed by atoms with Crippen LogP contribution in [0, 0.1) is 0 Å². The maximum absolute atomic E-state index is 2.37. The summed E-state index contributed by atoms with van der Waals surface area (Å²) in [5.74, 6) is 0. The van der Waals surface area contributed by atoms with Gasteiger partial charge in [0.05, 0.1) is 0 Å². The number of aryl methyl sites for hydroxylation is 2. The molecule has 0 fully saturated rings. The standard InChI is InChI=1S/C16H20.C2H6/c1-4-13(10-12(2)3)16-9-8-14-6-5-7-15(14)11-16;1-2/h4,8-11H,5-7H2,1-3H3;1-2H3/b13-4+;. The van der Waals surface area contributed by atoms with E-state index in [-0.39, 0.29) is 0 Å². The van der Waals surface area contributed by atoms with Crippen molar-refractivity contribution in [2.75, 3.05) is 0 Å². The first-order valence-electron chi connectivity index (χ1n) is 7.14. The number of rotatable bonds is 2. The van der Waals surface area contributed by atoms with Crippen LogP contribution in [0.2, 0.25) is 0 Å². The van der Waals surface area contributed by atoms with E-state index in [1.807, 2.05) is 13.8 Å². The lowest BCUT2D eigenvalue weighted by Gasteiger charge is -2.06. The summed E-state index contributed by atoms with van der Waals surface area (Å²) in [6, 6.07) is 6.94. The summed E-state index contributed by atoms with van der Waals surface area (Å²) >= 11 is 0. The van der Waals surface area contributed by atoms with Crippen molar-refractivity contribution in [3.63, 3.8) is 0 Å². The Hall–Kier alpha value is -1.30. The first kappa shape index (κ1) is 14.8. The third-order valence-corrected chi connectivity index (χ3v) is 3.19. The van der Waals surface area contributed by atoms with Gasteiger partial charge in [0, 0.05) is 0 Å². The molecule has 0 aromatic heterocycles. The van der Waals surface area contributed by atoms with Crippen molar-refractivity contribution in [2.24, 2.45) is 0 Å². The smallest absolute Gasteiger partial charge is 0.0184 e. The van der Waals surface area contributed by atoms with Gasteiger partial charge in [-0.2, -0.15) is 0 Å². The fourth-order valence-corrected chi connectivity index (χ4v) is 2.40. The third-order valence-electron chi connectivity index (χ3n) is 3.19. The quantitative estimate of drug-likeness (QED) is 0.595. The van der Waals surface area contributed by atoms with Crippen molar-refractivity contribution in [3.8, 4) is 0 Å². The van der Waals surface area contributed by atoms with Crippen molar-refractivity contribution in [1.82, 2.24) is 0 Å². The molecule has 2 rings (SSSR count).